The van der Waals surface area contributed by atoms with Gasteiger partial charge in [0.25, 0.3) is 0 Å². The highest BCUT2D eigenvalue weighted by atomic mass is 127. The Labute approximate surface area is 201 Å². The van der Waals surface area contributed by atoms with Gasteiger partial charge in [-0.3, -0.25) is 0 Å². The maximum Gasteiger partial charge on any atom is 0.191 e. The molecule has 2 heterocycles. The van der Waals surface area contributed by atoms with Crippen LogP contribution in [0.5, 0.6) is 5.75 Å². The van der Waals surface area contributed by atoms with Gasteiger partial charge in [0.05, 0.1) is 18.2 Å². The minimum Gasteiger partial charge on any atom is -0.493 e. The van der Waals surface area contributed by atoms with Crippen molar-refractivity contribution < 1.29 is 4.74 Å². The molecule has 1 aliphatic carbocycles. The summed E-state index contributed by atoms with van der Waals surface area (Å²) in [6, 6.07) is 13.1. The molecule has 0 spiro atoms. The van der Waals surface area contributed by atoms with E-state index in [9.17, 15) is 0 Å². The molecule has 2 aliphatic rings. The summed E-state index contributed by atoms with van der Waals surface area (Å²) in [7, 11) is 0. The molecule has 2 aromatic rings. The second-order valence-corrected chi connectivity index (χ2v) is 8.84. The first kappa shape index (κ1) is 23.2. The molecule has 2 N–H and O–H groups in total. The number of hydrogen-bond acceptors (Lipinski definition) is 4. The van der Waals surface area contributed by atoms with Crippen molar-refractivity contribution >= 4 is 46.3 Å². The molecule has 2 fully saturated rings. The predicted octanol–water partition coefficient (Wildman–Crippen LogP) is 4.88. The Morgan fingerprint density at radius 3 is 2.63 bits per heavy atom. The van der Waals surface area contributed by atoms with Crippen LogP contribution in [0, 0.1) is 5.92 Å². The molecule has 4 rings (SSSR count). The molecule has 1 aromatic carbocycles. The topological polar surface area (TPSA) is 48.9 Å². The SMILES string of the molecule is CCNC(=NCc1ccccc1OCC1CC1)NC1CCN(c2cccs2)CC1.I. The molecule has 1 aromatic heterocycles. The fourth-order valence-corrected chi connectivity index (χ4v) is 4.42. The van der Waals surface area contributed by atoms with Crippen molar-refractivity contribution in [3.05, 3.63) is 47.3 Å². The standard InChI is InChI=1S/C23H32N4OS.HI/c1-2-24-23(26-20-11-13-27(14-12-20)22-8-5-15-29-22)25-16-19-6-3-4-7-21(19)28-17-18-9-10-18;/h3-8,15,18,20H,2,9-14,16-17H2,1H3,(H2,24,25,26);1H. The first-order chi connectivity index (χ1) is 14.3. The summed E-state index contributed by atoms with van der Waals surface area (Å²) in [5.41, 5.74) is 1.15. The highest BCUT2D eigenvalue weighted by Crippen LogP contribution is 2.30. The van der Waals surface area contributed by atoms with Crippen LogP contribution in [0.1, 0.15) is 38.2 Å². The van der Waals surface area contributed by atoms with Crippen molar-refractivity contribution in [1.29, 1.82) is 0 Å². The van der Waals surface area contributed by atoms with Crippen LogP contribution in [0.4, 0.5) is 5.00 Å². The van der Waals surface area contributed by atoms with E-state index in [1.807, 2.05) is 17.4 Å². The second-order valence-electron chi connectivity index (χ2n) is 7.91. The minimum absolute atomic E-state index is 0. The van der Waals surface area contributed by atoms with E-state index in [2.05, 4.69) is 58.2 Å². The monoisotopic (exact) mass is 540 g/mol. The largest absolute Gasteiger partial charge is 0.493 e. The summed E-state index contributed by atoms with van der Waals surface area (Å²) in [6.45, 7) is 6.62. The van der Waals surface area contributed by atoms with Gasteiger partial charge in [-0.1, -0.05) is 18.2 Å². The number of nitrogens with zero attached hydrogens (tertiary/aromatic N) is 2. The molecule has 5 nitrogen and oxygen atoms in total. The molecule has 164 valence electrons. The number of rotatable bonds is 8. The molecule has 30 heavy (non-hydrogen) atoms. The lowest BCUT2D eigenvalue weighted by atomic mass is 10.1. The quantitative estimate of drug-likeness (QED) is 0.285. The van der Waals surface area contributed by atoms with Crippen LogP contribution in [-0.2, 0) is 6.54 Å². The third kappa shape index (κ3) is 6.77. The van der Waals surface area contributed by atoms with Crippen molar-refractivity contribution in [3.8, 4) is 5.75 Å². The molecule has 0 amide bonds. The third-order valence-corrected chi connectivity index (χ3v) is 6.48. The molecular weight excluding hydrogens is 507 g/mol. The van der Waals surface area contributed by atoms with Crippen molar-refractivity contribution in [2.24, 2.45) is 10.9 Å². The number of benzene rings is 1. The number of piperidine rings is 1. The van der Waals surface area contributed by atoms with Gasteiger partial charge >= 0.3 is 0 Å². The van der Waals surface area contributed by atoms with Gasteiger partial charge in [0.2, 0.25) is 0 Å². The maximum atomic E-state index is 6.04. The molecule has 7 heteroatoms. The zero-order valence-corrected chi connectivity index (χ0v) is 20.8. The summed E-state index contributed by atoms with van der Waals surface area (Å²) in [5, 5.41) is 10.6. The number of para-hydroxylation sites is 1. The van der Waals surface area contributed by atoms with Gasteiger partial charge in [-0.25, -0.2) is 4.99 Å². The number of aliphatic imine (C=N–C) groups is 1. The van der Waals surface area contributed by atoms with Crippen molar-refractivity contribution in [2.45, 2.75) is 45.2 Å². The Balaban J connectivity index is 0.00000256. The molecule has 1 aliphatic heterocycles. The number of ether oxygens (including phenoxy) is 1. The van der Waals surface area contributed by atoms with Crippen molar-refractivity contribution in [2.75, 3.05) is 31.1 Å². The summed E-state index contributed by atoms with van der Waals surface area (Å²) >= 11 is 1.83. The fourth-order valence-electron chi connectivity index (χ4n) is 3.64. The molecule has 0 atom stereocenters. The lowest BCUT2D eigenvalue weighted by Gasteiger charge is -2.33. The van der Waals surface area contributed by atoms with Crippen LogP contribution in [0.2, 0.25) is 0 Å². The van der Waals surface area contributed by atoms with Crippen molar-refractivity contribution in [1.82, 2.24) is 10.6 Å². The van der Waals surface area contributed by atoms with Gasteiger partial charge in [0.15, 0.2) is 5.96 Å². The van der Waals surface area contributed by atoms with Crippen LogP contribution in [0.3, 0.4) is 0 Å². The van der Waals surface area contributed by atoms with Crippen LogP contribution in [0.25, 0.3) is 0 Å². The summed E-state index contributed by atoms with van der Waals surface area (Å²) in [5.74, 6) is 2.63. The van der Waals surface area contributed by atoms with E-state index in [0.717, 1.165) is 62.3 Å². The van der Waals surface area contributed by atoms with E-state index < -0.39 is 0 Å². The average molecular weight is 541 g/mol. The predicted molar refractivity (Wildman–Crippen MR) is 138 cm³/mol. The Hall–Kier alpha value is -1.48. The maximum absolute atomic E-state index is 6.04. The van der Waals surface area contributed by atoms with E-state index in [1.54, 1.807) is 0 Å². The van der Waals surface area contributed by atoms with Gasteiger partial charge in [-0.05, 0) is 62.1 Å². The molecule has 0 bridgehead atoms. The highest BCUT2D eigenvalue weighted by molar-refractivity contribution is 14.0. The Morgan fingerprint density at radius 1 is 1.13 bits per heavy atom. The van der Waals surface area contributed by atoms with Gasteiger partial charge in [-0.2, -0.15) is 0 Å². The highest BCUT2D eigenvalue weighted by Gasteiger charge is 2.22. The van der Waals surface area contributed by atoms with Gasteiger partial charge in [0, 0.05) is 31.2 Å². The van der Waals surface area contributed by atoms with Crippen molar-refractivity contribution in [3.63, 3.8) is 0 Å². The zero-order chi connectivity index (χ0) is 19.9. The lowest BCUT2D eigenvalue weighted by Crippen LogP contribution is -2.48. The second kappa shape index (κ2) is 11.8. The number of anilines is 1. The molecule has 1 saturated heterocycles. The molecule has 0 unspecified atom stereocenters. The normalized spacial score (nSPS) is 17.4. The molecular formula is C23H33IN4OS. The molecule has 1 saturated carbocycles. The van der Waals surface area contributed by atoms with E-state index in [4.69, 9.17) is 9.73 Å². The average Bonchev–Trinajstić information content (AvgIpc) is 3.42. The number of guanidine groups is 1. The van der Waals surface area contributed by atoms with Crippen LogP contribution < -0.4 is 20.3 Å². The van der Waals surface area contributed by atoms with E-state index >= 15 is 0 Å². The van der Waals surface area contributed by atoms with E-state index in [0.29, 0.717) is 12.6 Å². The minimum atomic E-state index is 0. The summed E-state index contributed by atoms with van der Waals surface area (Å²) in [4.78, 5) is 7.34. The number of thiophene rings is 1. The first-order valence-electron chi connectivity index (χ1n) is 10.9. The Bertz CT molecular complexity index is 786. The Morgan fingerprint density at radius 2 is 1.93 bits per heavy atom. The van der Waals surface area contributed by atoms with Crippen LogP contribution >= 0.6 is 35.3 Å². The smallest absolute Gasteiger partial charge is 0.191 e. The fraction of sp³-hybridized carbons (Fsp3) is 0.522. The Kier molecular flexibility index (Phi) is 9.11. The number of hydrogen-bond donors (Lipinski definition) is 2. The van der Waals surface area contributed by atoms with Gasteiger partial charge < -0.3 is 20.3 Å². The van der Waals surface area contributed by atoms with E-state index in [-0.39, 0.29) is 24.0 Å². The van der Waals surface area contributed by atoms with E-state index in [1.165, 1.54) is 17.8 Å². The zero-order valence-electron chi connectivity index (χ0n) is 17.7. The van der Waals surface area contributed by atoms with Gasteiger partial charge in [-0.15, -0.1) is 35.3 Å². The summed E-state index contributed by atoms with van der Waals surface area (Å²) in [6.07, 6.45) is 4.87. The van der Waals surface area contributed by atoms with Gasteiger partial charge in [0.1, 0.15) is 5.75 Å². The third-order valence-electron chi connectivity index (χ3n) is 5.55. The first-order valence-corrected chi connectivity index (χ1v) is 11.7. The van der Waals surface area contributed by atoms with Crippen LogP contribution in [-0.4, -0.2) is 38.2 Å². The van der Waals surface area contributed by atoms with Crippen LogP contribution in [0.15, 0.2) is 46.8 Å². The number of nitrogens with one attached hydrogen (secondary N) is 2. The number of halogens is 1. The lowest BCUT2D eigenvalue weighted by molar-refractivity contribution is 0.297. The molecule has 0 radical (unpaired) electrons. The summed E-state index contributed by atoms with van der Waals surface area (Å²) < 4.78 is 6.04.